The molecule has 1 saturated heterocycles. The molecule has 1 amide bonds. The topological polar surface area (TPSA) is 41.1 Å². The summed E-state index contributed by atoms with van der Waals surface area (Å²) in [7, 11) is 0. The molecule has 0 bridgehead atoms. The van der Waals surface area contributed by atoms with Crippen molar-refractivity contribution in [1.82, 2.24) is 10.6 Å². The first-order chi connectivity index (χ1) is 12.8. The predicted molar refractivity (Wildman–Crippen MR) is 114 cm³/mol. The first-order valence-electron chi connectivity index (χ1n) is 11.9. The Bertz CT molecular complexity index is 313. The summed E-state index contributed by atoms with van der Waals surface area (Å²) in [6, 6.07) is 0.0797. The van der Waals surface area contributed by atoms with Crippen molar-refractivity contribution in [3.05, 3.63) is 0 Å². The monoisotopic (exact) mass is 366 g/mol. The third kappa shape index (κ3) is 13.6. The highest BCUT2D eigenvalue weighted by atomic mass is 16.2. The maximum absolute atomic E-state index is 11.8. The van der Waals surface area contributed by atoms with Crippen LogP contribution < -0.4 is 10.6 Å². The first-order valence-corrected chi connectivity index (χ1v) is 11.9. The van der Waals surface area contributed by atoms with Gasteiger partial charge in [-0.3, -0.25) is 4.79 Å². The highest BCUT2D eigenvalue weighted by Crippen LogP contribution is 2.13. The number of rotatable bonds is 18. The molecule has 1 atom stereocenters. The molecule has 1 unspecified atom stereocenters. The molecule has 0 aliphatic carbocycles. The van der Waals surface area contributed by atoms with Gasteiger partial charge in [-0.05, 0) is 25.8 Å². The van der Waals surface area contributed by atoms with Crippen LogP contribution in [0.5, 0.6) is 0 Å². The SMILES string of the molecule is CCCCCCCCCCCCCCCCCCNC(=O)C1CCCN1. The van der Waals surface area contributed by atoms with Gasteiger partial charge >= 0.3 is 0 Å². The van der Waals surface area contributed by atoms with Crippen molar-refractivity contribution in [2.24, 2.45) is 0 Å². The second-order valence-electron chi connectivity index (χ2n) is 8.24. The van der Waals surface area contributed by atoms with Crippen LogP contribution in [0.25, 0.3) is 0 Å². The van der Waals surface area contributed by atoms with Crippen LogP contribution in [0.4, 0.5) is 0 Å². The van der Waals surface area contributed by atoms with E-state index in [1.54, 1.807) is 0 Å². The molecule has 2 N–H and O–H groups in total. The fourth-order valence-electron chi connectivity index (χ4n) is 3.92. The lowest BCUT2D eigenvalue weighted by molar-refractivity contribution is -0.122. The van der Waals surface area contributed by atoms with Crippen molar-refractivity contribution in [1.29, 1.82) is 0 Å². The molecule has 3 heteroatoms. The van der Waals surface area contributed by atoms with Gasteiger partial charge < -0.3 is 10.6 Å². The molecule has 1 heterocycles. The van der Waals surface area contributed by atoms with Crippen molar-refractivity contribution >= 4 is 5.91 Å². The van der Waals surface area contributed by atoms with Gasteiger partial charge in [0.2, 0.25) is 5.91 Å². The van der Waals surface area contributed by atoms with E-state index < -0.39 is 0 Å². The standard InChI is InChI=1S/C23H46N2O/c1-2-3-4-5-6-7-8-9-10-11-12-13-14-15-16-17-20-25-23(26)22-19-18-21-24-22/h22,24H,2-21H2,1H3,(H,25,26). The highest BCUT2D eigenvalue weighted by Gasteiger charge is 2.20. The number of hydrogen-bond acceptors (Lipinski definition) is 2. The van der Waals surface area contributed by atoms with Gasteiger partial charge in [0.05, 0.1) is 6.04 Å². The minimum absolute atomic E-state index is 0.0797. The Morgan fingerprint density at radius 3 is 1.65 bits per heavy atom. The largest absolute Gasteiger partial charge is 0.355 e. The second-order valence-corrected chi connectivity index (χ2v) is 8.24. The number of amides is 1. The van der Waals surface area contributed by atoms with Crippen LogP contribution in [-0.2, 0) is 4.79 Å². The van der Waals surface area contributed by atoms with Gasteiger partial charge in [0.25, 0.3) is 0 Å². The molecule has 0 aromatic heterocycles. The van der Waals surface area contributed by atoms with Crippen LogP contribution in [0.15, 0.2) is 0 Å². The van der Waals surface area contributed by atoms with E-state index in [1.165, 1.54) is 96.3 Å². The molecule has 0 radical (unpaired) electrons. The van der Waals surface area contributed by atoms with Gasteiger partial charge in [0.1, 0.15) is 0 Å². The summed E-state index contributed by atoms with van der Waals surface area (Å²) in [5.74, 6) is 0.212. The van der Waals surface area contributed by atoms with E-state index in [-0.39, 0.29) is 11.9 Å². The normalized spacial score (nSPS) is 16.9. The number of nitrogens with one attached hydrogen (secondary N) is 2. The van der Waals surface area contributed by atoms with E-state index in [2.05, 4.69) is 17.6 Å². The Labute approximate surface area is 163 Å². The summed E-state index contributed by atoms with van der Waals surface area (Å²) in [6.45, 7) is 4.14. The van der Waals surface area contributed by atoms with Crippen LogP contribution in [0.1, 0.15) is 122 Å². The van der Waals surface area contributed by atoms with E-state index in [9.17, 15) is 4.79 Å². The Morgan fingerprint density at radius 2 is 1.23 bits per heavy atom. The quantitative estimate of drug-likeness (QED) is 0.287. The number of hydrogen-bond donors (Lipinski definition) is 2. The summed E-state index contributed by atoms with van der Waals surface area (Å²) in [5, 5.41) is 6.32. The zero-order valence-corrected chi connectivity index (χ0v) is 17.6. The van der Waals surface area contributed by atoms with Gasteiger partial charge in [-0.1, -0.05) is 103 Å². The van der Waals surface area contributed by atoms with Crippen LogP contribution in [0.2, 0.25) is 0 Å². The van der Waals surface area contributed by atoms with E-state index in [1.807, 2.05) is 0 Å². The minimum Gasteiger partial charge on any atom is -0.355 e. The third-order valence-corrected chi connectivity index (χ3v) is 5.71. The van der Waals surface area contributed by atoms with Crippen LogP contribution >= 0.6 is 0 Å². The Hall–Kier alpha value is -0.570. The summed E-state index contributed by atoms with van der Waals surface area (Å²) in [4.78, 5) is 11.8. The van der Waals surface area contributed by atoms with Crippen LogP contribution in [0, 0.1) is 0 Å². The molecular weight excluding hydrogens is 320 g/mol. The summed E-state index contributed by atoms with van der Waals surface area (Å²) < 4.78 is 0. The molecule has 1 fully saturated rings. The van der Waals surface area contributed by atoms with Crippen molar-refractivity contribution in [3.8, 4) is 0 Å². The van der Waals surface area contributed by atoms with Gasteiger partial charge in [-0.15, -0.1) is 0 Å². The van der Waals surface area contributed by atoms with Gasteiger partial charge in [-0.25, -0.2) is 0 Å². The summed E-state index contributed by atoms with van der Waals surface area (Å²) in [6.07, 6.45) is 24.4. The van der Waals surface area contributed by atoms with Crippen LogP contribution in [0.3, 0.4) is 0 Å². The van der Waals surface area contributed by atoms with Crippen molar-refractivity contribution in [2.75, 3.05) is 13.1 Å². The number of carbonyl (C=O) groups excluding carboxylic acids is 1. The van der Waals surface area contributed by atoms with E-state index in [0.29, 0.717) is 0 Å². The van der Waals surface area contributed by atoms with Gasteiger partial charge in [0, 0.05) is 6.54 Å². The lowest BCUT2D eigenvalue weighted by Crippen LogP contribution is -2.40. The average Bonchev–Trinajstić information content (AvgIpc) is 3.19. The molecule has 1 aliphatic heterocycles. The van der Waals surface area contributed by atoms with Crippen LogP contribution in [-0.4, -0.2) is 25.0 Å². The third-order valence-electron chi connectivity index (χ3n) is 5.71. The zero-order valence-electron chi connectivity index (χ0n) is 17.6. The first kappa shape index (κ1) is 23.5. The minimum atomic E-state index is 0.0797. The molecule has 26 heavy (non-hydrogen) atoms. The number of carbonyl (C=O) groups is 1. The maximum atomic E-state index is 11.8. The Morgan fingerprint density at radius 1 is 0.769 bits per heavy atom. The van der Waals surface area contributed by atoms with E-state index >= 15 is 0 Å². The smallest absolute Gasteiger partial charge is 0.237 e. The molecular formula is C23H46N2O. The molecule has 0 aromatic rings. The molecule has 1 aliphatic rings. The fourth-order valence-corrected chi connectivity index (χ4v) is 3.92. The molecule has 3 nitrogen and oxygen atoms in total. The summed E-state index contributed by atoms with van der Waals surface area (Å²) in [5.41, 5.74) is 0. The predicted octanol–water partition coefficient (Wildman–Crippen LogP) is 6.12. The van der Waals surface area contributed by atoms with Gasteiger partial charge in [-0.2, -0.15) is 0 Å². The molecule has 1 rings (SSSR count). The second kappa shape index (κ2) is 17.8. The maximum Gasteiger partial charge on any atom is 0.237 e. The van der Waals surface area contributed by atoms with Gasteiger partial charge in [0.15, 0.2) is 0 Å². The van der Waals surface area contributed by atoms with E-state index in [4.69, 9.17) is 0 Å². The Balaban J connectivity index is 1.69. The van der Waals surface area contributed by atoms with E-state index in [0.717, 1.165) is 32.4 Å². The molecule has 0 spiro atoms. The van der Waals surface area contributed by atoms with Crippen molar-refractivity contribution < 1.29 is 4.79 Å². The van der Waals surface area contributed by atoms with Crippen molar-refractivity contribution in [3.63, 3.8) is 0 Å². The molecule has 154 valence electrons. The van der Waals surface area contributed by atoms with Crippen molar-refractivity contribution in [2.45, 2.75) is 129 Å². The molecule has 0 aromatic carbocycles. The summed E-state index contributed by atoms with van der Waals surface area (Å²) >= 11 is 0. The Kier molecular flexibility index (Phi) is 16.1. The average molecular weight is 367 g/mol. The number of unbranched alkanes of at least 4 members (excludes halogenated alkanes) is 15. The zero-order chi connectivity index (χ0) is 18.7. The fraction of sp³-hybridized carbons (Fsp3) is 0.957. The lowest BCUT2D eigenvalue weighted by atomic mass is 10.0. The lowest BCUT2D eigenvalue weighted by Gasteiger charge is -2.10. The highest BCUT2D eigenvalue weighted by molar-refractivity contribution is 5.81. The molecule has 0 saturated carbocycles.